The molecule has 2 aromatic heterocycles. The second-order valence-electron chi connectivity index (χ2n) is 8.27. The van der Waals surface area contributed by atoms with E-state index in [1.807, 2.05) is 30.5 Å². The highest BCUT2D eigenvalue weighted by molar-refractivity contribution is 7.11. The van der Waals surface area contributed by atoms with Gasteiger partial charge < -0.3 is 14.4 Å². The van der Waals surface area contributed by atoms with Crippen molar-refractivity contribution in [2.75, 3.05) is 51.8 Å². The Morgan fingerprint density at radius 1 is 1.00 bits per heavy atom. The van der Waals surface area contributed by atoms with Crippen LogP contribution in [0.3, 0.4) is 0 Å². The Morgan fingerprint density at radius 3 is 2.44 bits per heavy atom. The molecule has 3 aromatic rings. The van der Waals surface area contributed by atoms with E-state index in [0.29, 0.717) is 24.0 Å². The van der Waals surface area contributed by atoms with Crippen LogP contribution in [0.15, 0.2) is 39.2 Å². The number of rotatable bonds is 8. The number of thiophene rings is 1. The highest BCUT2D eigenvalue weighted by Gasteiger charge is 2.21. The summed E-state index contributed by atoms with van der Waals surface area (Å²) in [5.74, 6) is 0.465. The Morgan fingerprint density at radius 2 is 1.74 bits per heavy atom. The van der Waals surface area contributed by atoms with E-state index in [1.165, 1.54) is 27.6 Å². The molecule has 0 N–H and O–H groups in total. The van der Waals surface area contributed by atoms with Crippen molar-refractivity contribution in [2.24, 2.45) is 0 Å². The summed E-state index contributed by atoms with van der Waals surface area (Å²) in [4.78, 5) is 43.5. The van der Waals surface area contributed by atoms with Gasteiger partial charge in [0.05, 0.1) is 37.2 Å². The zero-order valence-corrected chi connectivity index (χ0v) is 20.6. The first kappa shape index (κ1) is 24.0. The van der Waals surface area contributed by atoms with Gasteiger partial charge in [-0.25, -0.2) is 4.79 Å². The summed E-state index contributed by atoms with van der Waals surface area (Å²) in [7, 11) is 3.00. The third-order valence-electron chi connectivity index (χ3n) is 6.37. The largest absolute Gasteiger partial charge is 0.495 e. The van der Waals surface area contributed by atoms with Crippen LogP contribution in [-0.2, 0) is 22.6 Å². The Bertz CT molecular complexity index is 1290. The van der Waals surface area contributed by atoms with E-state index in [1.54, 1.807) is 7.11 Å². The van der Waals surface area contributed by atoms with Crippen molar-refractivity contribution < 1.29 is 14.3 Å². The van der Waals surface area contributed by atoms with Crippen molar-refractivity contribution in [3.8, 4) is 5.75 Å². The van der Waals surface area contributed by atoms with Gasteiger partial charge >= 0.3 is 11.7 Å². The minimum absolute atomic E-state index is 0.0729. The highest BCUT2D eigenvalue weighted by Crippen LogP contribution is 2.28. The summed E-state index contributed by atoms with van der Waals surface area (Å²) in [6.07, 6.45) is 0.0729. The minimum Gasteiger partial charge on any atom is -0.495 e. The third kappa shape index (κ3) is 4.74. The molecule has 0 amide bonds. The van der Waals surface area contributed by atoms with Gasteiger partial charge in [-0.1, -0.05) is 12.1 Å². The van der Waals surface area contributed by atoms with E-state index in [9.17, 15) is 14.4 Å². The first-order chi connectivity index (χ1) is 16.4. The van der Waals surface area contributed by atoms with Crippen LogP contribution >= 0.6 is 11.3 Å². The Balaban J connectivity index is 1.49. The second-order valence-corrected chi connectivity index (χ2v) is 9.35. The van der Waals surface area contributed by atoms with Crippen LogP contribution in [0, 0.1) is 6.92 Å². The number of aromatic nitrogens is 2. The fourth-order valence-electron chi connectivity index (χ4n) is 4.43. The van der Waals surface area contributed by atoms with Crippen LogP contribution in [-0.4, -0.2) is 66.9 Å². The number of anilines is 1. The summed E-state index contributed by atoms with van der Waals surface area (Å²) in [6.45, 7) is 6.27. The Hall–Kier alpha value is -3.11. The highest BCUT2D eigenvalue weighted by atomic mass is 32.1. The summed E-state index contributed by atoms with van der Waals surface area (Å²) >= 11 is 1.44. The SMILES string of the molecule is COC(=O)CCn1c(=O)n(CCN2CCN(c3ccccc3OC)CC2)c(=O)c2c(C)scc21. The third-order valence-corrected chi connectivity index (χ3v) is 7.27. The molecule has 0 aliphatic carbocycles. The van der Waals surface area contributed by atoms with Crippen molar-refractivity contribution in [1.82, 2.24) is 14.0 Å². The average molecular weight is 487 g/mol. The normalized spacial score (nSPS) is 14.5. The molecular weight excluding hydrogens is 456 g/mol. The molecule has 0 bridgehead atoms. The number of para-hydroxylation sites is 2. The molecular formula is C24H30N4O5S. The first-order valence-electron chi connectivity index (χ1n) is 11.3. The van der Waals surface area contributed by atoms with Crippen LogP contribution in [0.4, 0.5) is 5.69 Å². The standard InChI is InChI=1S/C24H30N4O5S/c1-17-22-19(16-34-17)27(9-8-21(29)33-3)24(31)28(23(22)30)15-12-25-10-13-26(14-11-25)18-6-4-5-7-20(18)32-2/h4-7,16H,8-15H2,1-3H3. The number of methoxy groups -OCH3 is 2. The van der Waals surface area contributed by atoms with Crippen LogP contribution in [0.25, 0.3) is 10.9 Å². The number of hydrogen-bond donors (Lipinski definition) is 0. The number of piperazine rings is 1. The quantitative estimate of drug-likeness (QED) is 0.450. The number of esters is 1. The van der Waals surface area contributed by atoms with E-state index in [-0.39, 0.29) is 24.2 Å². The number of ether oxygens (including phenoxy) is 2. The summed E-state index contributed by atoms with van der Waals surface area (Å²) in [5, 5.41) is 2.36. The van der Waals surface area contributed by atoms with Crippen molar-refractivity contribution in [3.63, 3.8) is 0 Å². The maximum absolute atomic E-state index is 13.2. The first-order valence-corrected chi connectivity index (χ1v) is 12.2. The zero-order valence-electron chi connectivity index (χ0n) is 19.8. The lowest BCUT2D eigenvalue weighted by Gasteiger charge is -2.36. The molecule has 0 spiro atoms. The lowest BCUT2D eigenvalue weighted by Crippen LogP contribution is -2.49. The minimum atomic E-state index is -0.391. The second kappa shape index (κ2) is 10.4. The van der Waals surface area contributed by atoms with Gasteiger partial charge in [0.25, 0.3) is 5.56 Å². The van der Waals surface area contributed by atoms with Crippen molar-refractivity contribution >= 4 is 33.9 Å². The van der Waals surface area contributed by atoms with Gasteiger partial charge in [-0.15, -0.1) is 11.3 Å². The van der Waals surface area contributed by atoms with Gasteiger partial charge in [0.15, 0.2) is 0 Å². The Labute approximate surface area is 201 Å². The fourth-order valence-corrected chi connectivity index (χ4v) is 5.28. The van der Waals surface area contributed by atoms with Gasteiger partial charge in [0.2, 0.25) is 0 Å². The van der Waals surface area contributed by atoms with E-state index >= 15 is 0 Å². The number of benzene rings is 1. The molecule has 0 saturated carbocycles. The lowest BCUT2D eigenvalue weighted by molar-refractivity contribution is -0.140. The molecule has 10 heteroatoms. The van der Waals surface area contributed by atoms with Gasteiger partial charge in [0, 0.05) is 56.1 Å². The van der Waals surface area contributed by atoms with Gasteiger partial charge in [-0.05, 0) is 19.1 Å². The topological polar surface area (TPSA) is 86.0 Å². The number of carbonyl (C=O) groups is 1. The molecule has 3 heterocycles. The van der Waals surface area contributed by atoms with E-state index < -0.39 is 5.97 Å². The molecule has 1 aliphatic heterocycles. The summed E-state index contributed by atoms with van der Waals surface area (Å²) in [5.41, 5.74) is 1.02. The molecule has 182 valence electrons. The van der Waals surface area contributed by atoms with Crippen LogP contribution < -0.4 is 20.9 Å². The Kier molecular flexibility index (Phi) is 7.38. The predicted octanol–water partition coefficient (Wildman–Crippen LogP) is 1.93. The number of carbonyl (C=O) groups excluding carboxylic acids is 1. The molecule has 1 fully saturated rings. The molecule has 34 heavy (non-hydrogen) atoms. The number of fused-ring (bicyclic) bond motifs is 1. The van der Waals surface area contributed by atoms with Gasteiger partial charge in [-0.2, -0.15) is 0 Å². The molecule has 9 nitrogen and oxygen atoms in total. The molecule has 0 radical (unpaired) electrons. The maximum atomic E-state index is 13.2. The molecule has 0 unspecified atom stereocenters. The summed E-state index contributed by atoms with van der Waals surface area (Å²) in [6, 6.07) is 7.98. The number of aryl methyl sites for hydroxylation is 2. The van der Waals surface area contributed by atoms with E-state index in [0.717, 1.165) is 42.5 Å². The predicted molar refractivity (Wildman–Crippen MR) is 133 cm³/mol. The van der Waals surface area contributed by atoms with E-state index in [2.05, 4.69) is 15.9 Å². The number of nitrogens with zero attached hydrogens (tertiary/aromatic N) is 4. The van der Waals surface area contributed by atoms with Crippen LogP contribution in [0.1, 0.15) is 11.3 Å². The smallest absolute Gasteiger partial charge is 0.331 e. The number of hydrogen-bond acceptors (Lipinski definition) is 8. The molecule has 1 saturated heterocycles. The van der Waals surface area contributed by atoms with Crippen LogP contribution in [0.5, 0.6) is 5.75 Å². The van der Waals surface area contributed by atoms with E-state index in [4.69, 9.17) is 9.47 Å². The van der Waals surface area contributed by atoms with Crippen molar-refractivity contribution in [3.05, 3.63) is 55.4 Å². The van der Waals surface area contributed by atoms with Gasteiger partial charge in [0.1, 0.15) is 5.75 Å². The summed E-state index contributed by atoms with van der Waals surface area (Å²) < 4.78 is 13.1. The van der Waals surface area contributed by atoms with Gasteiger partial charge in [-0.3, -0.25) is 23.6 Å². The fraction of sp³-hybridized carbons (Fsp3) is 0.458. The molecule has 1 aromatic carbocycles. The average Bonchev–Trinajstić information content (AvgIpc) is 3.25. The van der Waals surface area contributed by atoms with Crippen molar-refractivity contribution in [1.29, 1.82) is 0 Å². The molecule has 4 rings (SSSR count). The van der Waals surface area contributed by atoms with Crippen molar-refractivity contribution in [2.45, 2.75) is 26.4 Å². The molecule has 0 atom stereocenters. The molecule has 1 aliphatic rings. The van der Waals surface area contributed by atoms with Crippen LogP contribution in [0.2, 0.25) is 0 Å². The zero-order chi connectivity index (χ0) is 24.2. The maximum Gasteiger partial charge on any atom is 0.331 e. The monoisotopic (exact) mass is 486 g/mol. The lowest BCUT2D eigenvalue weighted by atomic mass is 10.2.